The molecule has 1 heterocycles. The summed E-state index contributed by atoms with van der Waals surface area (Å²) in [5, 5.41) is 12.9. The van der Waals surface area contributed by atoms with Gasteiger partial charge in [0.25, 0.3) is 0 Å². The number of aliphatic hydroxyl groups excluding tert-OH is 1. The average Bonchev–Trinajstić information content (AvgIpc) is 2.76. The van der Waals surface area contributed by atoms with Crippen LogP contribution in [-0.2, 0) is 4.79 Å². The quantitative estimate of drug-likeness (QED) is 0.704. The second kappa shape index (κ2) is 6.64. The highest BCUT2D eigenvalue weighted by molar-refractivity contribution is 9.09. The summed E-state index contributed by atoms with van der Waals surface area (Å²) in [5.74, 6) is -1.54. The van der Waals surface area contributed by atoms with Crippen molar-refractivity contribution in [1.29, 1.82) is 0 Å². The summed E-state index contributed by atoms with van der Waals surface area (Å²) >= 11 is 3.44. The molecule has 0 spiro atoms. The molecule has 3 rings (SSSR count). The van der Waals surface area contributed by atoms with Gasteiger partial charge in [0.05, 0.1) is 12.0 Å². The van der Waals surface area contributed by atoms with Crippen LogP contribution in [-0.4, -0.2) is 40.6 Å². The van der Waals surface area contributed by atoms with Crippen molar-refractivity contribution in [2.45, 2.75) is 61.7 Å². The van der Waals surface area contributed by atoms with E-state index in [4.69, 9.17) is 0 Å². The Morgan fingerprint density at radius 2 is 2.00 bits per heavy atom. The zero-order valence-corrected chi connectivity index (χ0v) is 14.4. The molecule has 0 bridgehead atoms. The van der Waals surface area contributed by atoms with Gasteiger partial charge in [-0.25, -0.2) is 0 Å². The lowest BCUT2D eigenvalue weighted by Gasteiger charge is -2.35. The molecule has 3 nitrogen and oxygen atoms in total. The summed E-state index contributed by atoms with van der Waals surface area (Å²) in [6, 6.07) is -0.650. The zero-order valence-electron chi connectivity index (χ0n) is 12.9. The maximum Gasteiger partial charge on any atom is 0.393 e. The van der Waals surface area contributed by atoms with Gasteiger partial charge in [-0.3, -0.25) is 4.79 Å². The average molecular weight is 398 g/mol. The molecule has 3 fully saturated rings. The van der Waals surface area contributed by atoms with Crippen molar-refractivity contribution < 1.29 is 23.1 Å². The lowest BCUT2D eigenvalue weighted by molar-refractivity contribution is -0.189. The fourth-order valence-corrected chi connectivity index (χ4v) is 5.41. The molecule has 0 radical (unpaired) electrons. The summed E-state index contributed by atoms with van der Waals surface area (Å²) in [4.78, 5) is 12.6. The third-order valence-corrected chi connectivity index (χ3v) is 6.89. The molecule has 1 aliphatic heterocycles. The van der Waals surface area contributed by atoms with Crippen molar-refractivity contribution in [2.75, 3.05) is 6.54 Å². The van der Waals surface area contributed by atoms with Crippen LogP contribution in [0.15, 0.2) is 0 Å². The van der Waals surface area contributed by atoms with Gasteiger partial charge >= 0.3 is 6.18 Å². The largest absolute Gasteiger partial charge is 0.393 e. The van der Waals surface area contributed by atoms with Gasteiger partial charge in [-0.15, -0.1) is 0 Å². The zero-order chi connectivity index (χ0) is 16.8. The first-order valence-electron chi connectivity index (χ1n) is 8.43. The summed E-state index contributed by atoms with van der Waals surface area (Å²) in [6.07, 6.45) is -1.94. The molecule has 0 aromatic heterocycles. The lowest BCUT2D eigenvalue weighted by Crippen LogP contribution is -2.48. The molecule has 23 heavy (non-hydrogen) atoms. The third-order valence-electron chi connectivity index (χ3n) is 5.91. The number of Topliss-reactive ketones (excluding diaryl/α,β-unsaturated/α-hetero) is 1. The van der Waals surface area contributed by atoms with E-state index < -0.39 is 24.2 Å². The number of nitrogens with one attached hydrogen (secondary N) is 1. The molecule has 7 atom stereocenters. The second-order valence-electron chi connectivity index (χ2n) is 7.34. The molecule has 0 aromatic carbocycles. The Hall–Kier alpha value is -0.140. The molecule has 2 N–H and O–H groups in total. The number of carbonyl (C=O) groups excluding carboxylic acids is 1. The van der Waals surface area contributed by atoms with Gasteiger partial charge in [0, 0.05) is 22.7 Å². The number of fused-ring (bicyclic) bond motifs is 1. The van der Waals surface area contributed by atoms with Crippen molar-refractivity contribution in [2.24, 2.45) is 23.7 Å². The normalized spacial score (nSPS) is 45.1. The van der Waals surface area contributed by atoms with E-state index in [9.17, 15) is 23.1 Å². The molecule has 0 aromatic rings. The van der Waals surface area contributed by atoms with Gasteiger partial charge in [-0.05, 0) is 51.0 Å². The molecular formula is C16H23BrF3NO2. The molecule has 2 aliphatic carbocycles. The van der Waals surface area contributed by atoms with E-state index in [2.05, 4.69) is 21.2 Å². The highest BCUT2D eigenvalue weighted by Gasteiger charge is 2.51. The third kappa shape index (κ3) is 3.61. The van der Waals surface area contributed by atoms with E-state index in [1.165, 1.54) is 0 Å². The summed E-state index contributed by atoms with van der Waals surface area (Å²) in [7, 11) is 0. The van der Waals surface area contributed by atoms with Crippen LogP contribution in [0.3, 0.4) is 0 Å². The molecule has 3 aliphatic rings. The molecule has 1 saturated heterocycles. The van der Waals surface area contributed by atoms with Crippen LogP contribution in [0.4, 0.5) is 13.2 Å². The minimum absolute atomic E-state index is 0.00831. The van der Waals surface area contributed by atoms with E-state index in [1.54, 1.807) is 0 Å². The number of aliphatic hydroxyl groups is 1. The maximum absolute atomic E-state index is 13.2. The molecule has 0 amide bonds. The SMILES string of the molecule is O=C1C(CC2NCCCC2C(F)(F)F)CC2CC(Br)C(O)CC12. The van der Waals surface area contributed by atoms with Crippen molar-refractivity contribution in [3.05, 3.63) is 0 Å². The van der Waals surface area contributed by atoms with Gasteiger partial charge in [-0.1, -0.05) is 15.9 Å². The van der Waals surface area contributed by atoms with Gasteiger partial charge < -0.3 is 10.4 Å². The molecule has 2 saturated carbocycles. The first-order valence-corrected chi connectivity index (χ1v) is 9.35. The predicted octanol–water partition coefficient (Wildman–Crippen LogP) is 3.05. The van der Waals surface area contributed by atoms with Crippen LogP contribution in [0, 0.1) is 23.7 Å². The van der Waals surface area contributed by atoms with Gasteiger partial charge in [0.15, 0.2) is 0 Å². The predicted molar refractivity (Wildman–Crippen MR) is 83.2 cm³/mol. The van der Waals surface area contributed by atoms with E-state index in [0.29, 0.717) is 25.8 Å². The first-order chi connectivity index (χ1) is 10.8. The van der Waals surface area contributed by atoms with Crippen LogP contribution in [0.5, 0.6) is 0 Å². The number of halogens is 4. The highest BCUT2D eigenvalue weighted by atomic mass is 79.9. The lowest BCUT2D eigenvalue weighted by atomic mass is 9.80. The number of alkyl halides is 4. The molecule has 7 heteroatoms. The standard InChI is InChI=1S/C16H23BrF3NO2/c17-12-5-8-4-9(15(23)10(8)7-14(12)22)6-13-11(16(18,19)20)2-1-3-21-13/h8-14,21-22H,1-7H2. The Balaban J connectivity index is 1.67. The van der Waals surface area contributed by atoms with Crippen molar-refractivity contribution >= 4 is 21.7 Å². The smallest absolute Gasteiger partial charge is 0.392 e. The number of hydrogen-bond donors (Lipinski definition) is 2. The summed E-state index contributed by atoms with van der Waals surface area (Å²) < 4.78 is 39.6. The van der Waals surface area contributed by atoms with E-state index >= 15 is 0 Å². The topological polar surface area (TPSA) is 49.3 Å². The molecule has 132 valence electrons. The summed E-state index contributed by atoms with van der Waals surface area (Å²) in [5.41, 5.74) is 0. The van der Waals surface area contributed by atoms with Crippen LogP contribution in [0.2, 0.25) is 0 Å². The molecular weight excluding hydrogens is 375 g/mol. The van der Waals surface area contributed by atoms with E-state index in [0.717, 1.165) is 6.42 Å². The van der Waals surface area contributed by atoms with E-state index in [-0.39, 0.29) is 41.2 Å². The number of carbonyl (C=O) groups is 1. The number of piperidine rings is 1. The minimum atomic E-state index is -4.20. The second-order valence-corrected chi connectivity index (χ2v) is 8.52. The summed E-state index contributed by atoms with van der Waals surface area (Å²) in [6.45, 7) is 0.590. The van der Waals surface area contributed by atoms with Crippen molar-refractivity contribution in [3.63, 3.8) is 0 Å². The Morgan fingerprint density at radius 3 is 2.70 bits per heavy atom. The van der Waals surface area contributed by atoms with Crippen LogP contribution in [0.25, 0.3) is 0 Å². The van der Waals surface area contributed by atoms with Gasteiger partial charge in [0.1, 0.15) is 5.78 Å². The van der Waals surface area contributed by atoms with Crippen LogP contribution >= 0.6 is 15.9 Å². The maximum atomic E-state index is 13.2. The Labute approximate surface area is 142 Å². The first kappa shape index (κ1) is 17.7. The Bertz CT molecular complexity index is 459. The van der Waals surface area contributed by atoms with Crippen molar-refractivity contribution in [1.82, 2.24) is 5.32 Å². The van der Waals surface area contributed by atoms with Gasteiger partial charge in [0.2, 0.25) is 0 Å². The number of rotatable bonds is 2. The number of ketones is 1. The highest BCUT2D eigenvalue weighted by Crippen LogP contribution is 2.47. The van der Waals surface area contributed by atoms with Crippen molar-refractivity contribution in [3.8, 4) is 0 Å². The van der Waals surface area contributed by atoms with Crippen LogP contribution < -0.4 is 5.32 Å². The monoisotopic (exact) mass is 397 g/mol. The number of hydrogen-bond acceptors (Lipinski definition) is 3. The van der Waals surface area contributed by atoms with Crippen LogP contribution in [0.1, 0.15) is 38.5 Å². The molecule has 7 unspecified atom stereocenters. The fraction of sp³-hybridized carbons (Fsp3) is 0.938. The van der Waals surface area contributed by atoms with E-state index in [1.807, 2.05) is 0 Å². The van der Waals surface area contributed by atoms with Gasteiger partial charge in [-0.2, -0.15) is 13.2 Å². The minimum Gasteiger partial charge on any atom is -0.392 e. The Morgan fingerprint density at radius 1 is 1.26 bits per heavy atom. The Kier molecular flexibility index (Phi) is 5.10. The fourth-order valence-electron chi connectivity index (χ4n) is 4.72.